The molecule has 6 heteroatoms. The third kappa shape index (κ3) is 4.07. The molecule has 0 saturated carbocycles. The fourth-order valence-corrected chi connectivity index (χ4v) is 1.78. The van der Waals surface area contributed by atoms with E-state index in [4.69, 9.17) is 10.5 Å². The maximum absolute atomic E-state index is 11.5. The first-order chi connectivity index (χ1) is 8.06. The van der Waals surface area contributed by atoms with Crippen LogP contribution >= 0.6 is 0 Å². The summed E-state index contributed by atoms with van der Waals surface area (Å²) in [5.41, 5.74) is 6.66. The zero-order chi connectivity index (χ0) is 12.8. The second-order valence-electron chi connectivity index (χ2n) is 3.37. The SMILES string of the molecule is CCS(=O)CC(=O)Nc1ccc(OC)cc1N. The van der Waals surface area contributed by atoms with E-state index in [-0.39, 0.29) is 11.7 Å². The Morgan fingerprint density at radius 3 is 2.76 bits per heavy atom. The zero-order valence-electron chi connectivity index (χ0n) is 9.86. The largest absolute Gasteiger partial charge is 0.497 e. The normalized spacial score (nSPS) is 11.9. The fraction of sp³-hybridized carbons (Fsp3) is 0.364. The number of hydrogen-bond acceptors (Lipinski definition) is 4. The molecule has 0 aromatic heterocycles. The Labute approximate surface area is 103 Å². The summed E-state index contributed by atoms with van der Waals surface area (Å²) >= 11 is 0. The van der Waals surface area contributed by atoms with E-state index in [0.717, 1.165) is 0 Å². The van der Waals surface area contributed by atoms with Gasteiger partial charge in [0, 0.05) is 22.6 Å². The number of carbonyl (C=O) groups is 1. The molecule has 5 nitrogen and oxygen atoms in total. The van der Waals surface area contributed by atoms with Gasteiger partial charge in [-0.2, -0.15) is 0 Å². The van der Waals surface area contributed by atoms with Gasteiger partial charge < -0.3 is 15.8 Å². The van der Waals surface area contributed by atoms with Gasteiger partial charge in [-0.25, -0.2) is 0 Å². The van der Waals surface area contributed by atoms with Gasteiger partial charge in [-0.15, -0.1) is 0 Å². The number of methoxy groups -OCH3 is 1. The molecule has 1 amide bonds. The van der Waals surface area contributed by atoms with Crippen LogP contribution < -0.4 is 15.8 Å². The number of amides is 1. The summed E-state index contributed by atoms with van der Waals surface area (Å²) in [7, 11) is 0.418. The number of nitrogens with two attached hydrogens (primary N) is 1. The van der Waals surface area contributed by atoms with Gasteiger partial charge in [-0.3, -0.25) is 9.00 Å². The minimum atomic E-state index is -1.12. The summed E-state index contributed by atoms with van der Waals surface area (Å²) in [6, 6.07) is 4.97. The molecule has 0 heterocycles. The third-order valence-corrected chi connectivity index (χ3v) is 3.37. The topological polar surface area (TPSA) is 81.4 Å². The van der Waals surface area contributed by atoms with Gasteiger partial charge in [-0.1, -0.05) is 6.92 Å². The summed E-state index contributed by atoms with van der Waals surface area (Å²) in [6.07, 6.45) is 0. The molecule has 0 radical (unpaired) electrons. The number of nitrogen functional groups attached to an aromatic ring is 1. The molecule has 0 fully saturated rings. The van der Waals surface area contributed by atoms with Crippen molar-refractivity contribution in [3.8, 4) is 5.75 Å². The van der Waals surface area contributed by atoms with E-state index in [0.29, 0.717) is 22.9 Å². The molecule has 94 valence electrons. The lowest BCUT2D eigenvalue weighted by Crippen LogP contribution is -2.20. The molecule has 0 saturated heterocycles. The molecule has 1 atom stereocenters. The number of rotatable bonds is 5. The van der Waals surface area contributed by atoms with Crippen LogP contribution in [0.4, 0.5) is 11.4 Å². The van der Waals surface area contributed by atoms with Crippen molar-refractivity contribution in [2.75, 3.05) is 29.7 Å². The maximum Gasteiger partial charge on any atom is 0.237 e. The van der Waals surface area contributed by atoms with Gasteiger partial charge in [0.05, 0.1) is 18.5 Å². The molecule has 0 aliphatic carbocycles. The lowest BCUT2D eigenvalue weighted by atomic mass is 10.2. The molecule has 1 rings (SSSR count). The first-order valence-corrected chi connectivity index (χ1v) is 6.64. The van der Waals surface area contributed by atoms with Crippen LogP contribution in [0.2, 0.25) is 0 Å². The van der Waals surface area contributed by atoms with E-state index in [1.54, 1.807) is 25.1 Å². The van der Waals surface area contributed by atoms with Crippen LogP contribution in [0.3, 0.4) is 0 Å². The molecule has 1 aromatic rings. The molecule has 1 unspecified atom stereocenters. The number of anilines is 2. The zero-order valence-corrected chi connectivity index (χ0v) is 10.7. The predicted molar refractivity (Wildman–Crippen MR) is 69.6 cm³/mol. The number of ether oxygens (including phenoxy) is 1. The van der Waals surface area contributed by atoms with E-state index in [1.807, 2.05) is 0 Å². The summed E-state index contributed by atoms with van der Waals surface area (Å²) in [6.45, 7) is 1.77. The minimum absolute atomic E-state index is 0.0119. The summed E-state index contributed by atoms with van der Waals surface area (Å²) in [4.78, 5) is 11.5. The van der Waals surface area contributed by atoms with E-state index in [9.17, 15) is 9.00 Å². The van der Waals surface area contributed by atoms with Crippen molar-refractivity contribution < 1.29 is 13.7 Å². The van der Waals surface area contributed by atoms with Gasteiger partial charge in [0.25, 0.3) is 0 Å². The highest BCUT2D eigenvalue weighted by Gasteiger charge is 2.08. The molecule has 1 aromatic carbocycles. The van der Waals surface area contributed by atoms with Crippen molar-refractivity contribution in [2.45, 2.75) is 6.92 Å². The van der Waals surface area contributed by atoms with Crippen molar-refractivity contribution >= 4 is 28.1 Å². The first-order valence-electron chi connectivity index (χ1n) is 5.15. The number of nitrogens with one attached hydrogen (secondary N) is 1. The molecular weight excluding hydrogens is 240 g/mol. The predicted octanol–water partition coefficient (Wildman–Crippen LogP) is 0.984. The Bertz CT molecular complexity index is 435. The fourth-order valence-electron chi connectivity index (χ4n) is 1.22. The van der Waals surface area contributed by atoms with Crippen LogP contribution in [0.25, 0.3) is 0 Å². The van der Waals surface area contributed by atoms with Crippen LogP contribution in [-0.4, -0.2) is 28.7 Å². The Balaban J connectivity index is 2.68. The van der Waals surface area contributed by atoms with E-state index in [1.165, 1.54) is 7.11 Å². The Morgan fingerprint density at radius 2 is 2.24 bits per heavy atom. The van der Waals surface area contributed by atoms with Crippen molar-refractivity contribution in [1.82, 2.24) is 0 Å². The molecular formula is C11H16N2O3S. The number of benzene rings is 1. The quantitative estimate of drug-likeness (QED) is 0.770. The average molecular weight is 256 g/mol. The smallest absolute Gasteiger partial charge is 0.237 e. The maximum atomic E-state index is 11.5. The van der Waals surface area contributed by atoms with Crippen LogP contribution in [0.5, 0.6) is 5.75 Å². The highest BCUT2D eigenvalue weighted by atomic mass is 32.2. The Morgan fingerprint density at radius 1 is 1.53 bits per heavy atom. The van der Waals surface area contributed by atoms with Crippen LogP contribution in [-0.2, 0) is 15.6 Å². The number of hydrogen-bond donors (Lipinski definition) is 2. The molecule has 0 aliphatic heterocycles. The summed E-state index contributed by atoms with van der Waals surface area (Å²) < 4.78 is 16.2. The summed E-state index contributed by atoms with van der Waals surface area (Å²) in [5.74, 6) is 0.771. The van der Waals surface area contributed by atoms with Crippen molar-refractivity contribution in [1.29, 1.82) is 0 Å². The van der Waals surface area contributed by atoms with E-state index in [2.05, 4.69) is 5.32 Å². The molecule has 3 N–H and O–H groups in total. The third-order valence-electron chi connectivity index (χ3n) is 2.15. The average Bonchev–Trinajstić information content (AvgIpc) is 2.31. The second kappa shape index (κ2) is 6.24. The molecule has 0 aliphatic rings. The second-order valence-corrected chi connectivity index (χ2v) is 5.12. The molecule has 0 spiro atoms. The van der Waals surface area contributed by atoms with Crippen molar-refractivity contribution in [2.24, 2.45) is 0 Å². The Hall–Kier alpha value is -1.56. The van der Waals surface area contributed by atoms with Gasteiger partial charge >= 0.3 is 0 Å². The van der Waals surface area contributed by atoms with Gasteiger partial charge in [-0.05, 0) is 12.1 Å². The van der Waals surface area contributed by atoms with Crippen LogP contribution in [0, 0.1) is 0 Å². The standard InChI is InChI=1S/C11H16N2O3S/c1-3-17(15)7-11(14)13-10-5-4-8(16-2)6-9(10)12/h4-6H,3,7,12H2,1-2H3,(H,13,14). The molecule has 0 bridgehead atoms. The van der Waals surface area contributed by atoms with Crippen molar-refractivity contribution in [3.63, 3.8) is 0 Å². The van der Waals surface area contributed by atoms with Crippen LogP contribution in [0.15, 0.2) is 18.2 Å². The van der Waals surface area contributed by atoms with Crippen molar-refractivity contribution in [3.05, 3.63) is 18.2 Å². The van der Waals surface area contributed by atoms with Gasteiger partial charge in [0.1, 0.15) is 11.5 Å². The van der Waals surface area contributed by atoms with Gasteiger partial charge in [0.15, 0.2) is 0 Å². The highest BCUT2D eigenvalue weighted by molar-refractivity contribution is 7.85. The minimum Gasteiger partial charge on any atom is -0.497 e. The number of carbonyl (C=O) groups excluding carboxylic acids is 1. The lowest BCUT2D eigenvalue weighted by Gasteiger charge is -2.09. The summed E-state index contributed by atoms with van der Waals surface area (Å²) in [5, 5.41) is 2.61. The van der Waals surface area contributed by atoms with Crippen LogP contribution in [0.1, 0.15) is 6.92 Å². The Kier molecular flexibility index (Phi) is 4.96. The van der Waals surface area contributed by atoms with Gasteiger partial charge in [0.2, 0.25) is 5.91 Å². The highest BCUT2D eigenvalue weighted by Crippen LogP contribution is 2.23. The van der Waals surface area contributed by atoms with E-state index < -0.39 is 10.8 Å². The first kappa shape index (κ1) is 13.5. The molecule has 17 heavy (non-hydrogen) atoms. The lowest BCUT2D eigenvalue weighted by molar-refractivity contribution is -0.113. The van der Waals surface area contributed by atoms with E-state index >= 15 is 0 Å². The monoisotopic (exact) mass is 256 g/mol.